The zero-order chi connectivity index (χ0) is 15.5. The van der Waals surface area contributed by atoms with Crippen molar-refractivity contribution in [2.45, 2.75) is 31.6 Å². The Morgan fingerprint density at radius 2 is 2.00 bits per heavy atom. The molecule has 1 atom stereocenters. The number of esters is 1. The molecule has 0 amide bonds. The summed E-state index contributed by atoms with van der Waals surface area (Å²) in [4.78, 5) is 12.1. The van der Waals surface area contributed by atoms with E-state index < -0.39 is 10.0 Å². The summed E-state index contributed by atoms with van der Waals surface area (Å²) in [5.41, 5.74) is 1.01. The molecule has 1 aromatic rings. The molecule has 1 aliphatic rings. The Kier molecular flexibility index (Phi) is 5.00. The number of aryl methyl sites for hydroxylation is 1. The van der Waals surface area contributed by atoms with Gasteiger partial charge in [0.15, 0.2) is 0 Å². The molecule has 0 spiro atoms. The molecule has 1 aromatic carbocycles. The van der Waals surface area contributed by atoms with E-state index in [9.17, 15) is 13.2 Å². The summed E-state index contributed by atoms with van der Waals surface area (Å²) in [6.07, 6.45) is 1.35. The molecule has 0 radical (unpaired) electrons. The van der Waals surface area contributed by atoms with Gasteiger partial charge in [-0.3, -0.25) is 4.79 Å². The Labute approximate surface area is 126 Å². The van der Waals surface area contributed by atoms with E-state index in [1.54, 1.807) is 31.2 Å². The summed E-state index contributed by atoms with van der Waals surface area (Å²) in [7, 11) is -3.53. The van der Waals surface area contributed by atoms with Gasteiger partial charge in [-0.2, -0.15) is 4.31 Å². The second-order valence-corrected chi connectivity index (χ2v) is 7.21. The normalized spacial score (nSPS) is 20.2. The van der Waals surface area contributed by atoms with Gasteiger partial charge in [0.2, 0.25) is 10.0 Å². The third kappa shape index (κ3) is 3.63. The second kappa shape index (κ2) is 6.58. The number of hydrogen-bond acceptors (Lipinski definition) is 4. The zero-order valence-corrected chi connectivity index (χ0v) is 13.2. The van der Waals surface area contributed by atoms with Crippen LogP contribution in [-0.2, 0) is 19.6 Å². The number of carbonyl (C=O) groups is 1. The highest BCUT2D eigenvalue weighted by Gasteiger charge is 2.33. The molecular weight excluding hydrogens is 290 g/mol. The van der Waals surface area contributed by atoms with Crippen LogP contribution < -0.4 is 0 Å². The number of sulfonamides is 1. The minimum atomic E-state index is -3.53. The van der Waals surface area contributed by atoms with Crippen LogP contribution in [-0.4, -0.2) is 38.4 Å². The number of nitrogens with zero attached hydrogens (tertiary/aromatic N) is 1. The highest BCUT2D eigenvalue weighted by atomic mass is 32.2. The Bertz CT molecular complexity index is 595. The molecule has 1 fully saturated rings. The number of piperidine rings is 1. The van der Waals surface area contributed by atoms with E-state index in [1.165, 1.54) is 4.31 Å². The molecule has 21 heavy (non-hydrogen) atoms. The van der Waals surface area contributed by atoms with Crippen LogP contribution in [0.4, 0.5) is 0 Å². The number of carbonyl (C=O) groups excluding carboxylic acids is 1. The lowest BCUT2D eigenvalue weighted by molar-refractivity contribution is -0.149. The maximum atomic E-state index is 12.6. The van der Waals surface area contributed by atoms with Gasteiger partial charge in [0.05, 0.1) is 17.4 Å². The van der Waals surface area contributed by atoms with Crippen molar-refractivity contribution in [3.05, 3.63) is 29.8 Å². The molecule has 0 unspecified atom stereocenters. The van der Waals surface area contributed by atoms with Gasteiger partial charge in [0.25, 0.3) is 0 Å². The van der Waals surface area contributed by atoms with Crippen molar-refractivity contribution >= 4 is 16.0 Å². The number of ether oxygens (including phenoxy) is 1. The van der Waals surface area contributed by atoms with E-state index in [1.807, 2.05) is 6.92 Å². The number of benzene rings is 1. The van der Waals surface area contributed by atoms with Gasteiger partial charge in [-0.15, -0.1) is 0 Å². The van der Waals surface area contributed by atoms with Crippen LogP contribution in [0.3, 0.4) is 0 Å². The van der Waals surface area contributed by atoms with E-state index in [0.29, 0.717) is 26.0 Å². The fourth-order valence-electron chi connectivity index (χ4n) is 2.47. The molecule has 116 valence electrons. The van der Waals surface area contributed by atoms with Crippen LogP contribution in [0, 0.1) is 12.8 Å². The number of rotatable bonds is 4. The average Bonchev–Trinajstić information content (AvgIpc) is 2.48. The van der Waals surface area contributed by atoms with Crippen LogP contribution in [0.25, 0.3) is 0 Å². The summed E-state index contributed by atoms with van der Waals surface area (Å²) in [6.45, 7) is 4.64. The second-order valence-electron chi connectivity index (χ2n) is 5.27. The first-order chi connectivity index (χ1) is 9.95. The van der Waals surface area contributed by atoms with Gasteiger partial charge in [-0.1, -0.05) is 17.7 Å². The minimum Gasteiger partial charge on any atom is -0.466 e. The van der Waals surface area contributed by atoms with Gasteiger partial charge in [-0.25, -0.2) is 8.42 Å². The standard InChI is InChI=1S/C15H21NO4S/c1-3-20-15(17)13-5-4-10-16(11-13)21(18,19)14-8-6-12(2)7-9-14/h6-9,13H,3-5,10-11H2,1-2H3/t13-/m0/s1. The number of hydrogen-bond donors (Lipinski definition) is 0. The van der Waals surface area contributed by atoms with Crippen LogP contribution in [0.2, 0.25) is 0 Å². The average molecular weight is 311 g/mol. The Morgan fingerprint density at radius 1 is 1.33 bits per heavy atom. The summed E-state index contributed by atoms with van der Waals surface area (Å²) in [6, 6.07) is 6.77. The topological polar surface area (TPSA) is 63.7 Å². The first-order valence-electron chi connectivity index (χ1n) is 7.18. The van der Waals surface area contributed by atoms with Crippen molar-refractivity contribution in [1.29, 1.82) is 0 Å². The Morgan fingerprint density at radius 3 is 2.62 bits per heavy atom. The molecule has 1 heterocycles. The first kappa shape index (κ1) is 16.0. The van der Waals surface area contributed by atoms with Gasteiger partial charge >= 0.3 is 5.97 Å². The third-order valence-electron chi connectivity index (χ3n) is 3.66. The molecule has 1 saturated heterocycles. The third-order valence-corrected chi connectivity index (χ3v) is 5.54. The maximum Gasteiger partial charge on any atom is 0.310 e. The van der Waals surface area contributed by atoms with Crippen molar-refractivity contribution in [1.82, 2.24) is 4.31 Å². The molecule has 5 nitrogen and oxygen atoms in total. The molecule has 2 rings (SSSR count). The molecule has 0 N–H and O–H groups in total. The molecule has 6 heteroatoms. The van der Waals surface area contributed by atoms with E-state index in [0.717, 1.165) is 5.56 Å². The predicted molar refractivity (Wildman–Crippen MR) is 79.3 cm³/mol. The van der Waals surface area contributed by atoms with Crippen LogP contribution in [0.15, 0.2) is 29.2 Å². The monoisotopic (exact) mass is 311 g/mol. The summed E-state index contributed by atoms with van der Waals surface area (Å²) in [5.74, 6) is -0.666. The summed E-state index contributed by atoms with van der Waals surface area (Å²) < 4.78 is 31.6. The van der Waals surface area contributed by atoms with Crippen molar-refractivity contribution in [3.63, 3.8) is 0 Å². The highest BCUT2D eigenvalue weighted by molar-refractivity contribution is 7.89. The van der Waals surface area contributed by atoms with Crippen molar-refractivity contribution in [3.8, 4) is 0 Å². The molecular formula is C15H21NO4S. The van der Waals surface area contributed by atoms with Gasteiger partial charge in [0, 0.05) is 13.1 Å². The quantitative estimate of drug-likeness (QED) is 0.797. The minimum absolute atomic E-state index is 0.203. The van der Waals surface area contributed by atoms with E-state index in [-0.39, 0.29) is 23.3 Å². The lowest BCUT2D eigenvalue weighted by atomic mass is 10.0. The fraction of sp³-hybridized carbons (Fsp3) is 0.533. The lowest BCUT2D eigenvalue weighted by Gasteiger charge is -2.30. The van der Waals surface area contributed by atoms with E-state index in [4.69, 9.17) is 4.74 Å². The van der Waals surface area contributed by atoms with Crippen LogP contribution in [0.1, 0.15) is 25.3 Å². The Hall–Kier alpha value is -1.40. The van der Waals surface area contributed by atoms with Gasteiger partial charge in [-0.05, 0) is 38.8 Å². The first-order valence-corrected chi connectivity index (χ1v) is 8.62. The molecule has 0 aromatic heterocycles. The molecule has 0 saturated carbocycles. The molecule has 0 bridgehead atoms. The fourth-order valence-corrected chi connectivity index (χ4v) is 4.00. The largest absolute Gasteiger partial charge is 0.466 e. The van der Waals surface area contributed by atoms with Crippen LogP contribution in [0.5, 0.6) is 0 Å². The van der Waals surface area contributed by atoms with E-state index >= 15 is 0 Å². The van der Waals surface area contributed by atoms with Gasteiger partial charge < -0.3 is 4.74 Å². The van der Waals surface area contributed by atoms with E-state index in [2.05, 4.69) is 0 Å². The van der Waals surface area contributed by atoms with Crippen molar-refractivity contribution in [2.24, 2.45) is 5.92 Å². The van der Waals surface area contributed by atoms with Gasteiger partial charge in [0.1, 0.15) is 0 Å². The summed E-state index contributed by atoms with van der Waals surface area (Å²) >= 11 is 0. The SMILES string of the molecule is CCOC(=O)[C@H]1CCCN(S(=O)(=O)c2ccc(C)cc2)C1. The van der Waals surface area contributed by atoms with Crippen molar-refractivity contribution < 1.29 is 17.9 Å². The maximum absolute atomic E-state index is 12.6. The van der Waals surface area contributed by atoms with Crippen molar-refractivity contribution in [2.75, 3.05) is 19.7 Å². The summed E-state index contributed by atoms with van der Waals surface area (Å²) in [5, 5.41) is 0. The Balaban J connectivity index is 2.16. The highest BCUT2D eigenvalue weighted by Crippen LogP contribution is 2.24. The lowest BCUT2D eigenvalue weighted by Crippen LogP contribution is -2.42. The predicted octanol–water partition coefficient (Wildman–Crippen LogP) is 1.96. The van der Waals surface area contributed by atoms with Crippen LogP contribution >= 0.6 is 0 Å². The smallest absolute Gasteiger partial charge is 0.310 e. The molecule has 1 aliphatic heterocycles. The molecule has 0 aliphatic carbocycles. The zero-order valence-electron chi connectivity index (χ0n) is 12.4.